The molecule has 1 aromatic heterocycles. The standard InChI is InChI=1S/C26H34FN3O3/c1-4-9-22(31)18-29(16-17-32-3)19-24-25(5-2)28-30(21-10-7-6-8-11-21)26(24)33-23-14-12-20(27)13-15-23/h6-8,10-15,22,31H,4-5,9,16-19H2,1-3H3/t22-/m0/s1. The highest BCUT2D eigenvalue weighted by Crippen LogP contribution is 2.32. The first-order valence-corrected chi connectivity index (χ1v) is 11.5. The zero-order chi connectivity index (χ0) is 23.6. The molecule has 0 saturated heterocycles. The van der Waals surface area contributed by atoms with Crippen LogP contribution in [0.3, 0.4) is 0 Å². The third kappa shape index (κ3) is 6.87. The average Bonchev–Trinajstić information content (AvgIpc) is 3.16. The molecule has 0 aliphatic heterocycles. The van der Waals surface area contributed by atoms with Gasteiger partial charge in [0.1, 0.15) is 11.6 Å². The van der Waals surface area contributed by atoms with E-state index in [-0.39, 0.29) is 5.82 Å². The molecule has 2 aromatic carbocycles. The van der Waals surface area contributed by atoms with Gasteiger partial charge in [0.25, 0.3) is 0 Å². The first-order chi connectivity index (χ1) is 16.0. The fraction of sp³-hybridized carbons (Fsp3) is 0.423. The summed E-state index contributed by atoms with van der Waals surface area (Å²) in [5, 5.41) is 15.3. The van der Waals surface area contributed by atoms with Crippen molar-refractivity contribution in [2.75, 3.05) is 26.8 Å². The summed E-state index contributed by atoms with van der Waals surface area (Å²) in [6, 6.07) is 15.8. The highest BCUT2D eigenvalue weighted by molar-refractivity contribution is 5.43. The molecule has 0 bridgehead atoms. The number of aliphatic hydroxyl groups excluding tert-OH is 1. The number of hydrogen-bond acceptors (Lipinski definition) is 5. The van der Waals surface area contributed by atoms with Crippen molar-refractivity contribution in [1.82, 2.24) is 14.7 Å². The van der Waals surface area contributed by atoms with Crippen molar-refractivity contribution in [3.8, 4) is 17.3 Å². The van der Waals surface area contributed by atoms with Crippen LogP contribution in [0.4, 0.5) is 4.39 Å². The van der Waals surface area contributed by atoms with Crippen LogP contribution in [-0.4, -0.2) is 52.7 Å². The first kappa shape index (κ1) is 24.9. The summed E-state index contributed by atoms with van der Waals surface area (Å²) in [5.41, 5.74) is 2.75. The molecular weight excluding hydrogens is 421 g/mol. The molecule has 0 radical (unpaired) electrons. The second-order valence-corrected chi connectivity index (χ2v) is 8.06. The van der Waals surface area contributed by atoms with Crippen molar-refractivity contribution in [2.24, 2.45) is 0 Å². The van der Waals surface area contributed by atoms with Crippen LogP contribution in [0.1, 0.15) is 37.9 Å². The van der Waals surface area contributed by atoms with Crippen LogP contribution in [0.2, 0.25) is 0 Å². The van der Waals surface area contributed by atoms with Crippen molar-refractivity contribution in [1.29, 1.82) is 0 Å². The number of para-hydroxylation sites is 1. The smallest absolute Gasteiger partial charge is 0.227 e. The SMILES string of the molecule is CCC[C@H](O)CN(CCOC)Cc1c(CC)nn(-c2ccccc2)c1Oc1ccc(F)cc1. The molecule has 3 aromatic rings. The van der Waals surface area contributed by atoms with Crippen LogP contribution in [0.15, 0.2) is 54.6 Å². The number of benzene rings is 2. The predicted molar refractivity (Wildman–Crippen MR) is 127 cm³/mol. The van der Waals surface area contributed by atoms with Crippen LogP contribution >= 0.6 is 0 Å². The van der Waals surface area contributed by atoms with Crippen LogP contribution in [0.5, 0.6) is 11.6 Å². The number of rotatable bonds is 13. The number of aliphatic hydroxyl groups is 1. The predicted octanol–water partition coefficient (Wildman–Crippen LogP) is 4.98. The Balaban J connectivity index is 2.01. The average molecular weight is 456 g/mol. The van der Waals surface area contributed by atoms with E-state index in [4.69, 9.17) is 14.6 Å². The molecule has 0 fully saturated rings. The van der Waals surface area contributed by atoms with Gasteiger partial charge in [0, 0.05) is 26.7 Å². The molecule has 1 heterocycles. The number of ether oxygens (including phenoxy) is 2. The van der Waals surface area contributed by atoms with Crippen LogP contribution in [-0.2, 0) is 17.7 Å². The maximum atomic E-state index is 13.5. The minimum atomic E-state index is -0.414. The lowest BCUT2D eigenvalue weighted by Crippen LogP contribution is -2.34. The molecule has 0 aliphatic rings. The van der Waals surface area contributed by atoms with Crippen molar-refractivity contribution in [3.05, 3.63) is 71.7 Å². The lowest BCUT2D eigenvalue weighted by Gasteiger charge is -2.25. The highest BCUT2D eigenvalue weighted by atomic mass is 19.1. The molecule has 33 heavy (non-hydrogen) atoms. The Hall–Kier alpha value is -2.74. The fourth-order valence-electron chi connectivity index (χ4n) is 3.79. The van der Waals surface area contributed by atoms with Gasteiger partial charge >= 0.3 is 0 Å². The lowest BCUT2D eigenvalue weighted by molar-refractivity contribution is 0.0795. The normalized spacial score (nSPS) is 12.3. The Labute approximate surface area is 195 Å². The summed E-state index contributed by atoms with van der Waals surface area (Å²) >= 11 is 0. The van der Waals surface area contributed by atoms with Gasteiger partial charge in [-0.3, -0.25) is 4.90 Å². The van der Waals surface area contributed by atoms with Gasteiger partial charge in [-0.1, -0.05) is 38.5 Å². The maximum Gasteiger partial charge on any atom is 0.227 e. The summed E-state index contributed by atoms with van der Waals surface area (Å²) in [6.07, 6.45) is 1.98. The number of aromatic nitrogens is 2. The number of nitrogens with zero attached hydrogens (tertiary/aromatic N) is 3. The Morgan fingerprint density at radius 1 is 1.09 bits per heavy atom. The van der Waals surface area contributed by atoms with Gasteiger partial charge in [-0.25, -0.2) is 9.07 Å². The summed E-state index contributed by atoms with van der Waals surface area (Å²) in [5.74, 6) is 0.813. The Morgan fingerprint density at radius 3 is 2.45 bits per heavy atom. The van der Waals surface area contributed by atoms with E-state index in [1.807, 2.05) is 30.3 Å². The van der Waals surface area contributed by atoms with E-state index in [1.54, 1.807) is 23.9 Å². The van der Waals surface area contributed by atoms with Crippen LogP contribution in [0, 0.1) is 5.82 Å². The molecule has 0 spiro atoms. The van der Waals surface area contributed by atoms with Gasteiger partial charge in [-0.2, -0.15) is 5.10 Å². The van der Waals surface area contributed by atoms with Gasteiger partial charge in [0.15, 0.2) is 0 Å². The van der Waals surface area contributed by atoms with Crippen molar-refractivity contribution >= 4 is 0 Å². The molecule has 0 amide bonds. The van der Waals surface area contributed by atoms with Crippen molar-refractivity contribution < 1.29 is 19.0 Å². The molecule has 1 N–H and O–H groups in total. The van der Waals surface area contributed by atoms with Gasteiger partial charge in [0.05, 0.1) is 29.7 Å². The zero-order valence-corrected chi connectivity index (χ0v) is 19.7. The van der Waals surface area contributed by atoms with Crippen molar-refractivity contribution in [2.45, 2.75) is 45.8 Å². The quantitative estimate of drug-likeness (QED) is 0.394. The minimum Gasteiger partial charge on any atom is -0.439 e. The van der Waals surface area contributed by atoms with Gasteiger partial charge in [-0.15, -0.1) is 0 Å². The number of aryl methyl sites for hydroxylation is 1. The van der Waals surface area contributed by atoms with E-state index in [9.17, 15) is 9.50 Å². The zero-order valence-electron chi connectivity index (χ0n) is 19.7. The molecule has 178 valence electrons. The number of methoxy groups -OCH3 is 1. The summed E-state index contributed by atoms with van der Waals surface area (Å²) in [6.45, 7) is 6.45. The molecule has 0 unspecified atom stereocenters. The van der Waals surface area contributed by atoms with Crippen molar-refractivity contribution in [3.63, 3.8) is 0 Å². The topological polar surface area (TPSA) is 59.8 Å². The second kappa shape index (κ2) is 12.5. The van der Waals surface area contributed by atoms with E-state index in [0.29, 0.717) is 37.9 Å². The Bertz CT molecular complexity index is 976. The summed E-state index contributed by atoms with van der Waals surface area (Å²) in [7, 11) is 1.68. The minimum absolute atomic E-state index is 0.316. The molecule has 3 rings (SSSR count). The summed E-state index contributed by atoms with van der Waals surface area (Å²) < 4.78 is 26.9. The van der Waals surface area contributed by atoms with Gasteiger partial charge in [-0.05, 0) is 49.2 Å². The molecule has 1 atom stereocenters. The molecule has 0 aliphatic carbocycles. The Morgan fingerprint density at radius 2 is 1.82 bits per heavy atom. The largest absolute Gasteiger partial charge is 0.439 e. The van der Waals surface area contributed by atoms with Gasteiger partial charge in [0.2, 0.25) is 5.88 Å². The summed E-state index contributed by atoms with van der Waals surface area (Å²) in [4.78, 5) is 2.17. The fourth-order valence-corrected chi connectivity index (χ4v) is 3.79. The third-order valence-electron chi connectivity index (χ3n) is 5.47. The molecule has 6 nitrogen and oxygen atoms in total. The first-order valence-electron chi connectivity index (χ1n) is 11.5. The van der Waals surface area contributed by atoms with E-state index < -0.39 is 6.10 Å². The molecule has 0 saturated carbocycles. The van der Waals surface area contributed by atoms with Crippen LogP contribution in [0.25, 0.3) is 5.69 Å². The van der Waals surface area contributed by atoms with Gasteiger partial charge < -0.3 is 14.6 Å². The Kier molecular flexibility index (Phi) is 9.42. The second-order valence-electron chi connectivity index (χ2n) is 8.06. The lowest BCUT2D eigenvalue weighted by atomic mass is 10.1. The van der Waals surface area contributed by atoms with E-state index in [0.717, 1.165) is 36.2 Å². The molecular formula is C26H34FN3O3. The highest BCUT2D eigenvalue weighted by Gasteiger charge is 2.23. The van der Waals surface area contributed by atoms with Crippen LogP contribution < -0.4 is 4.74 Å². The third-order valence-corrected chi connectivity index (χ3v) is 5.47. The monoisotopic (exact) mass is 455 g/mol. The van der Waals surface area contributed by atoms with E-state index >= 15 is 0 Å². The van der Waals surface area contributed by atoms with E-state index in [1.165, 1.54) is 12.1 Å². The van der Waals surface area contributed by atoms with E-state index in [2.05, 4.69) is 18.7 Å². The molecule has 7 heteroatoms. The number of halogens is 1. The maximum absolute atomic E-state index is 13.5. The number of hydrogen-bond donors (Lipinski definition) is 1.